The lowest BCUT2D eigenvalue weighted by Crippen LogP contribution is -2.30. The fourth-order valence-electron chi connectivity index (χ4n) is 2.42. The molecule has 0 atom stereocenters. The average Bonchev–Trinajstić information content (AvgIpc) is 3.08. The minimum Gasteiger partial charge on any atom is -0.467 e. The Kier molecular flexibility index (Phi) is 4.52. The Morgan fingerprint density at radius 3 is 2.52 bits per heavy atom. The van der Waals surface area contributed by atoms with E-state index in [2.05, 4.69) is 4.98 Å². The Bertz CT molecular complexity index is 767. The van der Waals surface area contributed by atoms with E-state index in [1.54, 1.807) is 17.2 Å². The van der Waals surface area contributed by atoms with Crippen LogP contribution in [0.1, 0.15) is 27.5 Å². The smallest absolute Gasteiger partial charge is 0.273 e. The fraction of sp³-hybridized carbons (Fsp3) is 0.158. The largest absolute Gasteiger partial charge is 0.467 e. The van der Waals surface area contributed by atoms with E-state index in [1.165, 1.54) is 0 Å². The van der Waals surface area contributed by atoms with Gasteiger partial charge in [0.1, 0.15) is 11.5 Å². The van der Waals surface area contributed by atoms with Crippen LogP contribution in [-0.4, -0.2) is 15.8 Å². The molecule has 0 unspecified atom stereocenters. The number of aromatic nitrogens is 1. The maximum Gasteiger partial charge on any atom is 0.273 e. The lowest BCUT2D eigenvalue weighted by molar-refractivity contribution is 0.0711. The van der Waals surface area contributed by atoms with Gasteiger partial charge in [-0.2, -0.15) is 0 Å². The van der Waals surface area contributed by atoms with E-state index >= 15 is 0 Å². The quantitative estimate of drug-likeness (QED) is 0.720. The normalized spacial score (nSPS) is 10.5. The molecule has 1 aromatic carbocycles. The Balaban J connectivity index is 1.86. The molecule has 2 aromatic heterocycles. The third-order valence-corrected chi connectivity index (χ3v) is 3.54. The summed E-state index contributed by atoms with van der Waals surface area (Å²) in [7, 11) is 0. The molecular formula is C19H18N2O2. The molecule has 0 aliphatic heterocycles. The Morgan fingerprint density at radius 1 is 1.00 bits per heavy atom. The molecule has 2 heterocycles. The van der Waals surface area contributed by atoms with Crippen LogP contribution >= 0.6 is 0 Å². The first kappa shape index (κ1) is 15.0. The molecule has 3 aromatic rings. The molecule has 116 valence electrons. The molecule has 0 aliphatic carbocycles. The molecule has 23 heavy (non-hydrogen) atoms. The van der Waals surface area contributed by atoms with Crippen LogP contribution in [0.4, 0.5) is 0 Å². The molecule has 0 aliphatic rings. The summed E-state index contributed by atoms with van der Waals surface area (Å²) in [5, 5.41) is 0. The lowest BCUT2D eigenvalue weighted by atomic mass is 10.2. The molecular weight excluding hydrogens is 288 g/mol. The Hall–Kier alpha value is -2.88. The second kappa shape index (κ2) is 6.92. The second-order valence-electron chi connectivity index (χ2n) is 5.39. The summed E-state index contributed by atoms with van der Waals surface area (Å²) in [6, 6.07) is 19.1. The fourth-order valence-corrected chi connectivity index (χ4v) is 2.42. The van der Waals surface area contributed by atoms with Gasteiger partial charge in [0.05, 0.1) is 12.8 Å². The van der Waals surface area contributed by atoms with E-state index in [0.29, 0.717) is 18.8 Å². The van der Waals surface area contributed by atoms with Gasteiger partial charge in [-0.05, 0) is 36.8 Å². The van der Waals surface area contributed by atoms with Gasteiger partial charge in [-0.15, -0.1) is 0 Å². The van der Waals surface area contributed by atoms with Crippen LogP contribution in [0.15, 0.2) is 71.3 Å². The Morgan fingerprint density at radius 2 is 1.83 bits per heavy atom. The molecule has 4 heteroatoms. The molecule has 0 radical (unpaired) electrons. The predicted octanol–water partition coefficient (Wildman–Crippen LogP) is 3.83. The maximum atomic E-state index is 12.8. The minimum atomic E-state index is -0.103. The monoisotopic (exact) mass is 306 g/mol. The number of carbonyl (C=O) groups is 1. The summed E-state index contributed by atoms with van der Waals surface area (Å²) in [4.78, 5) is 18.9. The van der Waals surface area contributed by atoms with Crippen molar-refractivity contribution in [3.05, 3.63) is 89.6 Å². The van der Waals surface area contributed by atoms with Gasteiger partial charge in [0.15, 0.2) is 0 Å². The van der Waals surface area contributed by atoms with E-state index in [9.17, 15) is 4.79 Å². The number of hydrogen-bond acceptors (Lipinski definition) is 3. The predicted molar refractivity (Wildman–Crippen MR) is 87.7 cm³/mol. The number of nitrogens with zero attached hydrogens (tertiary/aromatic N) is 2. The van der Waals surface area contributed by atoms with Crippen LogP contribution in [0.25, 0.3) is 0 Å². The number of carbonyl (C=O) groups excluding carboxylic acids is 1. The highest BCUT2D eigenvalue weighted by Crippen LogP contribution is 2.14. The third-order valence-electron chi connectivity index (χ3n) is 3.54. The highest BCUT2D eigenvalue weighted by molar-refractivity contribution is 5.92. The first-order chi connectivity index (χ1) is 11.2. The number of pyridine rings is 1. The van der Waals surface area contributed by atoms with Crippen LogP contribution in [-0.2, 0) is 13.1 Å². The van der Waals surface area contributed by atoms with Crippen molar-refractivity contribution < 1.29 is 9.21 Å². The number of furan rings is 1. The average molecular weight is 306 g/mol. The van der Waals surface area contributed by atoms with E-state index < -0.39 is 0 Å². The van der Waals surface area contributed by atoms with Crippen molar-refractivity contribution in [2.45, 2.75) is 20.0 Å². The van der Waals surface area contributed by atoms with Gasteiger partial charge in [0.2, 0.25) is 0 Å². The summed E-state index contributed by atoms with van der Waals surface area (Å²) in [6.45, 7) is 2.80. The van der Waals surface area contributed by atoms with E-state index in [-0.39, 0.29) is 5.91 Å². The molecule has 0 bridgehead atoms. The van der Waals surface area contributed by atoms with Gasteiger partial charge in [0.25, 0.3) is 5.91 Å². The number of aryl methyl sites for hydroxylation is 1. The van der Waals surface area contributed by atoms with Crippen molar-refractivity contribution in [1.82, 2.24) is 9.88 Å². The number of amides is 1. The highest BCUT2D eigenvalue weighted by Gasteiger charge is 2.19. The highest BCUT2D eigenvalue weighted by atomic mass is 16.3. The molecule has 3 rings (SSSR count). The zero-order chi connectivity index (χ0) is 16.1. The van der Waals surface area contributed by atoms with E-state index in [1.807, 2.05) is 61.5 Å². The molecule has 0 spiro atoms. The van der Waals surface area contributed by atoms with Crippen molar-refractivity contribution in [3.63, 3.8) is 0 Å². The summed E-state index contributed by atoms with van der Waals surface area (Å²) in [5.41, 5.74) is 2.35. The number of hydrogen-bond donors (Lipinski definition) is 0. The zero-order valence-corrected chi connectivity index (χ0v) is 13.0. The summed E-state index contributed by atoms with van der Waals surface area (Å²) in [5.74, 6) is 0.649. The van der Waals surface area contributed by atoms with Crippen LogP contribution in [0.5, 0.6) is 0 Å². The number of rotatable bonds is 5. The van der Waals surface area contributed by atoms with Crippen LogP contribution in [0, 0.1) is 6.92 Å². The molecule has 0 fully saturated rings. The number of benzene rings is 1. The van der Waals surface area contributed by atoms with Crippen molar-refractivity contribution in [2.75, 3.05) is 0 Å². The van der Waals surface area contributed by atoms with Crippen LogP contribution in [0.3, 0.4) is 0 Å². The van der Waals surface area contributed by atoms with Crippen molar-refractivity contribution in [2.24, 2.45) is 0 Å². The second-order valence-corrected chi connectivity index (χ2v) is 5.39. The SMILES string of the molecule is Cc1cccc(C(=O)N(Cc2ccccc2)Cc2ccco2)n1. The van der Waals surface area contributed by atoms with Gasteiger partial charge in [-0.25, -0.2) is 4.98 Å². The summed E-state index contributed by atoms with van der Waals surface area (Å²) >= 11 is 0. The first-order valence-electron chi connectivity index (χ1n) is 7.51. The van der Waals surface area contributed by atoms with Gasteiger partial charge < -0.3 is 9.32 Å². The first-order valence-corrected chi connectivity index (χ1v) is 7.51. The Labute approximate surface area is 135 Å². The topological polar surface area (TPSA) is 46.3 Å². The van der Waals surface area contributed by atoms with Crippen LogP contribution in [0.2, 0.25) is 0 Å². The molecule has 0 N–H and O–H groups in total. The third kappa shape index (κ3) is 3.86. The van der Waals surface area contributed by atoms with Crippen LogP contribution < -0.4 is 0 Å². The molecule has 0 saturated heterocycles. The van der Waals surface area contributed by atoms with Crippen molar-refractivity contribution in [3.8, 4) is 0 Å². The van der Waals surface area contributed by atoms with E-state index in [0.717, 1.165) is 17.0 Å². The van der Waals surface area contributed by atoms with Gasteiger partial charge in [-0.3, -0.25) is 4.79 Å². The van der Waals surface area contributed by atoms with Crippen molar-refractivity contribution >= 4 is 5.91 Å². The summed E-state index contributed by atoms with van der Waals surface area (Å²) < 4.78 is 5.40. The molecule has 1 amide bonds. The zero-order valence-electron chi connectivity index (χ0n) is 13.0. The van der Waals surface area contributed by atoms with Gasteiger partial charge in [0, 0.05) is 12.2 Å². The minimum absolute atomic E-state index is 0.103. The van der Waals surface area contributed by atoms with E-state index in [4.69, 9.17) is 4.42 Å². The van der Waals surface area contributed by atoms with Gasteiger partial charge in [-0.1, -0.05) is 36.4 Å². The summed E-state index contributed by atoms with van der Waals surface area (Å²) in [6.07, 6.45) is 1.62. The van der Waals surface area contributed by atoms with Gasteiger partial charge >= 0.3 is 0 Å². The molecule has 0 saturated carbocycles. The maximum absolute atomic E-state index is 12.8. The standard InChI is InChI=1S/C19H18N2O2/c1-15-7-5-11-18(20-15)19(22)21(14-17-10-6-12-23-17)13-16-8-3-2-4-9-16/h2-12H,13-14H2,1H3. The van der Waals surface area contributed by atoms with Crippen molar-refractivity contribution in [1.29, 1.82) is 0 Å². The molecule has 4 nitrogen and oxygen atoms in total. The lowest BCUT2D eigenvalue weighted by Gasteiger charge is -2.21.